The molecule has 7 rings (SSSR count). The lowest BCUT2D eigenvalue weighted by molar-refractivity contribution is 0.00859. The zero-order valence-electron chi connectivity index (χ0n) is 35.2. The van der Waals surface area contributed by atoms with Crippen molar-refractivity contribution in [1.29, 1.82) is 0 Å². The van der Waals surface area contributed by atoms with Gasteiger partial charge in [0.25, 0.3) is 0 Å². The molecule has 13 heteroatoms. The van der Waals surface area contributed by atoms with Gasteiger partial charge in [-0.3, -0.25) is 9.47 Å². The molecule has 1 aromatic carbocycles. The number of hydrogen-bond acceptors (Lipinski definition) is 8. The number of carbonyl (C=O) groups is 1. The normalized spacial score (nSPS) is 25.5. The van der Waals surface area contributed by atoms with E-state index in [1.807, 2.05) is 60.6 Å². The summed E-state index contributed by atoms with van der Waals surface area (Å²) in [6.45, 7) is 25.5. The fourth-order valence-corrected chi connectivity index (χ4v) is 9.99. The van der Waals surface area contributed by atoms with Crippen molar-refractivity contribution in [3.63, 3.8) is 0 Å². The molecule has 3 fully saturated rings. The molecule has 6 heterocycles. The molecule has 0 aliphatic carbocycles. The van der Waals surface area contributed by atoms with Gasteiger partial charge in [-0.2, -0.15) is 0 Å². The molecule has 3 saturated heterocycles. The molecule has 4 aliphatic rings. The van der Waals surface area contributed by atoms with Crippen molar-refractivity contribution in [2.75, 3.05) is 19.8 Å². The second-order valence-electron chi connectivity index (χ2n) is 19.8. The van der Waals surface area contributed by atoms with Gasteiger partial charge in [-0.25, -0.2) is 14.2 Å². The van der Waals surface area contributed by atoms with E-state index in [0.29, 0.717) is 42.3 Å². The zero-order chi connectivity index (χ0) is 40.4. The molecule has 6 atom stereocenters. The van der Waals surface area contributed by atoms with E-state index in [1.165, 1.54) is 11.6 Å². The average Bonchev–Trinajstić information content (AvgIpc) is 3.83. The highest BCUT2D eigenvalue weighted by atomic mass is 28.4. The van der Waals surface area contributed by atoms with E-state index >= 15 is 4.39 Å². The summed E-state index contributed by atoms with van der Waals surface area (Å²) in [6, 6.07) is 12.5. The number of pyridine rings is 1. The lowest BCUT2D eigenvalue weighted by Crippen LogP contribution is -2.47. The van der Waals surface area contributed by atoms with Crippen molar-refractivity contribution < 1.29 is 37.3 Å². The number of fused-ring (bicyclic) bond motifs is 4. The van der Waals surface area contributed by atoms with Crippen molar-refractivity contribution in [2.24, 2.45) is 0 Å². The van der Waals surface area contributed by atoms with Crippen molar-refractivity contribution >= 4 is 39.1 Å². The maximum Gasteiger partial charge on any atom is 0.411 e. The molecule has 0 radical (unpaired) electrons. The van der Waals surface area contributed by atoms with Crippen LogP contribution >= 0.6 is 0 Å². The summed E-state index contributed by atoms with van der Waals surface area (Å²) in [5, 5.41) is 0.0684. The van der Waals surface area contributed by atoms with E-state index in [2.05, 4.69) is 59.6 Å². The van der Waals surface area contributed by atoms with Gasteiger partial charge < -0.3 is 28.1 Å². The summed E-state index contributed by atoms with van der Waals surface area (Å²) in [7, 11) is -3.36. The summed E-state index contributed by atoms with van der Waals surface area (Å²) in [5.74, 6) is 0.119. The van der Waals surface area contributed by atoms with E-state index in [-0.39, 0.29) is 60.1 Å². The van der Waals surface area contributed by atoms with Crippen LogP contribution in [0.3, 0.4) is 0 Å². The number of rotatable bonds is 11. The Kier molecular flexibility index (Phi) is 11.2. The molecular weight excluding hydrogens is 746 g/mol. The minimum atomic E-state index is -2.04. The van der Waals surface area contributed by atoms with Gasteiger partial charge in [-0.15, -0.1) is 0 Å². The van der Waals surface area contributed by atoms with Gasteiger partial charge in [0.1, 0.15) is 30.2 Å². The molecule has 1 amide bonds. The predicted octanol–water partition coefficient (Wildman–Crippen LogP) is 9.65. The Morgan fingerprint density at radius 1 is 0.929 bits per heavy atom. The van der Waals surface area contributed by atoms with E-state index in [0.717, 1.165) is 30.9 Å². The van der Waals surface area contributed by atoms with Crippen LogP contribution in [0.4, 0.5) is 9.18 Å². The fourth-order valence-electron chi connectivity index (χ4n) is 7.92. The van der Waals surface area contributed by atoms with E-state index in [1.54, 1.807) is 0 Å². The SMILES string of the molecule is CC(C)(C)OC(=O)N1C2C=C(c3ccc(-c4nc5cc(O[C@@H]6CO[C@@H]7C(O[Si](C)(C)C(C)(C)C)CO[C@@H]76)n(COCC[Si](C)(C)C)c5cc4F)cc3)CC1CC2. The van der Waals surface area contributed by atoms with Crippen molar-refractivity contribution in [3.05, 3.63) is 53.9 Å². The largest absolute Gasteiger partial charge is 0.470 e. The number of ether oxygens (including phenoxy) is 5. The Morgan fingerprint density at radius 2 is 1.59 bits per heavy atom. The molecule has 56 heavy (non-hydrogen) atoms. The summed E-state index contributed by atoms with van der Waals surface area (Å²) in [5.41, 5.74) is 3.90. The van der Waals surface area contributed by atoms with Gasteiger partial charge in [0.05, 0.1) is 36.4 Å². The first-order valence-electron chi connectivity index (χ1n) is 20.4. The Labute approximate surface area is 334 Å². The number of hydrogen-bond donors (Lipinski definition) is 0. The highest BCUT2D eigenvalue weighted by Crippen LogP contribution is 2.42. The molecule has 3 aromatic rings. The molecular formula is C43H62FN3O7Si2. The molecule has 306 valence electrons. The Morgan fingerprint density at radius 3 is 2.23 bits per heavy atom. The quantitative estimate of drug-likeness (QED) is 0.140. The van der Waals surface area contributed by atoms with E-state index in [9.17, 15) is 4.79 Å². The minimum absolute atomic E-state index is 0.0127. The van der Waals surface area contributed by atoms with Crippen molar-refractivity contribution in [2.45, 2.75) is 153 Å². The van der Waals surface area contributed by atoms with Gasteiger partial charge in [-0.1, -0.05) is 70.8 Å². The van der Waals surface area contributed by atoms with Gasteiger partial charge in [0, 0.05) is 38.4 Å². The number of aromatic nitrogens is 2. The molecule has 2 aromatic heterocycles. The summed E-state index contributed by atoms with van der Waals surface area (Å²) < 4.78 is 55.9. The van der Waals surface area contributed by atoms with E-state index in [4.69, 9.17) is 33.1 Å². The molecule has 3 unspecified atom stereocenters. The zero-order valence-corrected chi connectivity index (χ0v) is 37.2. The standard InChI is InChI=1S/C43H62FN3O7Si2/c1-42(2,3)53-41(48)47-30-16-17-31(47)21-29(20-30)27-12-14-28(15-13-27)38-32(44)22-34-33(45-38)23-37(46(34)26-49-18-19-55(7,8)9)52-35-24-50-40-36(25-51-39(35)40)54-56(10,11)43(4,5)6/h12-15,20,22-23,30-31,35-36,39-40H,16-19,21,24-26H2,1-11H3/t30?,31?,35-,36?,39-,40-/m1/s1. The highest BCUT2D eigenvalue weighted by Gasteiger charge is 2.52. The van der Waals surface area contributed by atoms with Crippen LogP contribution in [0.25, 0.3) is 27.9 Å². The van der Waals surface area contributed by atoms with E-state index < -0.39 is 27.8 Å². The second-order valence-corrected chi connectivity index (χ2v) is 30.2. The third kappa shape index (κ3) is 8.68. The summed E-state index contributed by atoms with van der Waals surface area (Å²) in [6.07, 6.45) is 3.56. The van der Waals surface area contributed by atoms with Crippen LogP contribution < -0.4 is 4.74 Å². The smallest absolute Gasteiger partial charge is 0.411 e. The maximum absolute atomic E-state index is 16.1. The van der Waals surface area contributed by atoms with Gasteiger partial charge in [0.15, 0.2) is 26.1 Å². The van der Waals surface area contributed by atoms with Crippen molar-refractivity contribution in [1.82, 2.24) is 14.5 Å². The Bertz CT molecular complexity index is 1950. The minimum Gasteiger partial charge on any atom is -0.470 e. The first-order chi connectivity index (χ1) is 26.2. The molecule has 0 spiro atoms. The van der Waals surface area contributed by atoms with Gasteiger partial charge in [0.2, 0.25) is 0 Å². The van der Waals surface area contributed by atoms with Gasteiger partial charge in [-0.05, 0) is 75.3 Å². The Hall–Kier alpha value is -3.08. The third-order valence-electron chi connectivity index (χ3n) is 12.0. The first kappa shape index (κ1) is 41.1. The number of benzene rings is 1. The molecule has 0 N–H and O–H groups in total. The number of nitrogens with zero attached hydrogens (tertiary/aromatic N) is 3. The van der Waals surface area contributed by atoms with Crippen LogP contribution in [0.5, 0.6) is 5.88 Å². The molecule has 2 bridgehead atoms. The van der Waals surface area contributed by atoms with Crippen LogP contribution in [0, 0.1) is 5.82 Å². The van der Waals surface area contributed by atoms with Crippen LogP contribution in [0.15, 0.2) is 42.5 Å². The second kappa shape index (κ2) is 15.3. The van der Waals surface area contributed by atoms with Crippen LogP contribution in [-0.4, -0.2) is 98.9 Å². The molecule has 0 saturated carbocycles. The van der Waals surface area contributed by atoms with Gasteiger partial charge >= 0.3 is 6.09 Å². The molecule has 10 nitrogen and oxygen atoms in total. The topological polar surface area (TPSA) is 93.5 Å². The average molecular weight is 808 g/mol. The lowest BCUT2D eigenvalue weighted by Gasteiger charge is -2.39. The fraction of sp³-hybridized carbons (Fsp3) is 0.628. The lowest BCUT2D eigenvalue weighted by atomic mass is 9.94. The molecule has 4 aliphatic heterocycles. The van der Waals surface area contributed by atoms with Crippen LogP contribution in [0.2, 0.25) is 43.8 Å². The predicted molar refractivity (Wildman–Crippen MR) is 223 cm³/mol. The Balaban J connectivity index is 1.11. The number of amides is 1. The summed E-state index contributed by atoms with van der Waals surface area (Å²) in [4.78, 5) is 19.8. The third-order valence-corrected chi connectivity index (χ3v) is 18.2. The summed E-state index contributed by atoms with van der Waals surface area (Å²) >= 11 is 0. The number of carbonyl (C=O) groups excluding carboxylic acids is 1. The monoisotopic (exact) mass is 807 g/mol. The van der Waals surface area contributed by atoms with Crippen molar-refractivity contribution in [3.8, 4) is 17.1 Å². The first-order valence-corrected chi connectivity index (χ1v) is 27.0. The van der Waals surface area contributed by atoms with Crippen LogP contribution in [0.1, 0.15) is 66.4 Å². The maximum atomic E-state index is 16.1. The highest BCUT2D eigenvalue weighted by molar-refractivity contribution is 6.76. The number of halogens is 1. The van der Waals surface area contributed by atoms with Crippen LogP contribution in [-0.2, 0) is 30.1 Å².